The topological polar surface area (TPSA) is 90.4 Å². The van der Waals surface area contributed by atoms with Gasteiger partial charge in [0.25, 0.3) is 5.91 Å². The normalized spacial score (nSPS) is 10.3. The maximum atomic E-state index is 11.5. The van der Waals surface area contributed by atoms with Gasteiger partial charge in [0, 0.05) is 18.5 Å². The number of carbonyl (C=O) groups is 1. The van der Waals surface area contributed by atoms with Crippen LogP contribution in [-0.4, -0.2) is 19.6 Å². The Balaban J connectivity index is 2.32. The molecule has 0 radical (unpaired) electrons. The first-order valence-corrected chi connectivity index (χ1v) is 6.65. The van der Waals surface area contributed by atoms with E-state index in [1.807, 2.05) is 24.3 Å². The Bertz CT molecular complexity index is 641. The summed E-state index contributed by atoms with van der Waals surface area (Å²) in [4.78, 5) is 11.5. The van der Waals surface area contributed by atoms with Gasteiger partial charge < -0.3 is 21.5 Å². The number of nitrogen functional groups attached to an aromatic ring is 1. The molecule has 0 bridgehead atoms. The van der Waals surface area contributed by atoms with E-state index in [9.17, 15) is 4.79 Å². The first kappa shape index (κ1) is 14.9. The lowest BCUT2D eigenvalue weighted by Gasteiger charge is -2.14. The molecular formula is C16H19N3O2. The molecule has 21 heavy (non-hydrogen) atoms. The van der Waals surface area contributed by atoms with Gasteiger partial charge in [-0.25, -0.2) is 0 Å². The summed E-state index contributed by atoms with van der Waals surface area (Å²) in [6.07, 6.45) is 0.778. The molecule has 5 N–H and O–H groups in total. The van der Waals surface area contributed by atoms with Crippen LogP contribution in [0.2, 0.25) is 0 Å². The zero-order chi connectivity index (χ0) is 15.2. The molecule has 0 heterocycles. The summed E-state index contributed by atoms with van der Waals surface area (Å²) in [5.41, 5.74) is 14.6. The molecule has 1 amide bonds. The van der Waals surface area contributed by atoms with Crippen molar-refractivity contribution in [2.45, 2.75) is 6.42 Å². The predicted octanol–water partition coefficient (Wildman–Crippen LogP) is 2.30. The average molecular weight is 285 g/mol. The summed E-state index contributed by atoms with van der Waals surface area (Å²) in [5, 5.41) is 3.25. The quantitative estimate of drug-likeness (QED) is 0.710. The molecular weight excluding hydrogens is 266 g/mol. The second-order valence-corrected chi connectivity index (χ2v) is 4.69. The molecule has 0 aromatic heterocycles. The van der Waals surface area contributed by atoms with Crippen molar-refractivity contribution in [1.29, 1.82) is 0 Å². The summed E-state index contributed by atoms with van der Waals surface area (Å²) in [7, 11) is 1.67. The lowest BCUT2D eigenvalue weighted by molar-refractivity contribution is 0.100. The van der Waals surface area contributed by atoms with Crippen LogP contribution in [-0.2, 0) is 11.2 Å². The van der Waals surface area contributed by atoms with Crippen molar-refractivity contribution in [1.82, 2.24) is 0 Å². The molecule has 5 nitrogen and oxygen atoms in total. The van der Waals surface area contributed by atoms with E-state index in [-0.39, 0.29) is 0 Å². The van der Waals surface area contributed by atoms with Gasteiger partial charge in [0.1, 0.15) is 0 Å². The third-order valence-corrected chi connectivity index (χ3v) is 3.17. The number of hydrogen-bond acceptors (Lipinski definition) is 4. The monoisotopic (exact) mass is 285 g/mol. The Labute approximate surface area is 123 Å². The van der Waals surface area contributed by atoms with E-state index >= 15 is 0 Å². The number of hydrogen-bond donors (Lipinski definition) is 3. The number of para-hydroxylation sites is 1. The van der Waals surface area contributed by atoms with Gasteiger partial charge in [0.05, 0.1) is 17.9 Å². The van der Waals surface area contributed by atoms with Crippen LogP contribution < -0.4 is 16.8 Å². The van der Waals surface area contributed by atoms with Crippen LogP contribution in [0, 0.1) is 0 Å². The summed E-state index contributed by atoms with van der Waals surface area (Å²) in [6, 6.07) is 12.9. The van der Waals surface area contributed by atoms with Gasteiger partial charge in [-0.2, -0.15) is 0 Å². The number of nitrogens with two attached hydrogens (primary N) is 2. The molecule has 0 saturated heterocycles. The first-order chi connectivity index (χ1) is 10.1. The lowest BCUT2D eigenvalue weighted by Crippen LogP contribution is -2.14. The number of nitrogens with one attached hydrogen (secondary N) is 1. The molecule has 0 aliphatic heterocycles. The van der Waals surface area contributed by atoms with E-state index in [0.717, 1.165) is 17.7 Å². The van der Waals surface area contributed by atoms with Gasteiger partial charge in [0.15, 0.2) is 0 Å². The summed E-state index contributed by atoms with van der Waals surface area (Å²) >= 11 is 0. The molecule has 2 rings (SSSR count). The highest BCUT2D eigenvalue weighted by Gasteiger charge is 2.10. The van der Waals surface area contributed by atoms with Crippen molar-refractivity contribution in [2.75, 3.05) is 24.8 Å². The number of benzene rings is 2. The van der Waals surface area contributed by atoms with Gasteiger partial charge in [-0.15, -0.1) is 0 Å². The lowest BCUT2D eigenvalue weighted by atomic mass is 10.1. The zero-order valence-corrected chi connectivity index (χ0v) is 11.9. The van der Waals surface area contributed by atoms with Gasteiger partial charge in [-0.3, -0.25) is 4.79 Å². The van der Waals surface area contributed by atoms with Crippen molar-refractivity contribution < 1.29 is 9.53 Å². The molecule has 0 spiro atoms. The van der Waals surface area contributed by atoms with E-state index in [4.69, 9.17) is 16.2 Å². The van der Waals surface area contributed by atoms with Crippen LogP contribution in [0.3, 0.4) is 0 Å². The zero-order valence-electron chi connectivity index (χ0n) is 11.9. The molecule has 5 heteroatoms. The van der Waals surface area contributed by atoms with Gasteiger partial charge >= 0.3 is 0 Å². The van der Waals surface area contributed by atoms with E-state index < -0.39 is 5.91 Å². The van der Waals surface area contributed by atoms with Gasteiger partial charge in [-0.05, 0) is 36.2 Å². The fraction of sp³-hybridized carbons (Fsp3) is 0.188. The maximum absolute atomic E-state index is 11.5. The fourth-order valence-electron chi connectivity index (χ4n) is 2.09. The number of rotatable bonds is 6. The minimum absolute atomic E-state index is 0.372. The molecule has 0 unspecified atom stereocenters. The summed E-state index contributed by atoms with van der Waals surface area (Å²) in [5.74, 6) is -0.515. The molecule has 2 aromatic rings. The Hall–Kier alpha value is -2.53. The summed E-state index contributed by atoms with van der Waals surface area (Å²) < 4.78 is 5.11. The Morgan fingerprint density at radius 3 is 2.67 bits per heavy atom. The van der Waals surface area contributed by atoms with E-state index in [1.165, 1.54) is 0 Å². The largest absolute Gasteiger partial charge is 0.399 e. The van der Waals surface area contributed by atoms with E-state index in [2.05, 4.69) is 5.32 Å². The Morgan fingerprint density at radius 2 is 1.95 bits per heavy atom. The molecule has 0 aliphatic carbocycles. The number of amides is 1. The molecule has 0 saturated carbocycles. The van der Waals surface area contributed by atoms with Crippen LogP contribution >= 0.6 is 0 Å². The second-order valence-electron chi connectivity index (χ2n) is 4.69. The second kappa shape index (κ2) is 6.76. The third kappa shape index (κ3) is 3.73. The van der Waals surface area contributed by atoms with Crippen molar-refractivity contribution in [2.24, 2.45) is 5.73 Å². The first-order valence-electron chi connectivity index (χ1n) is 6.65. The fourth-order valence-corrected chi connectivity index (χ4v) is 2.09. The van der Waals surface area contributed by atoms with Gasteiger partial charge in [0.2, 0.25) is 0 Å². The molecule has 0 fully saturated rings. The van der Waals surface area contributed by atoms with Crippen LogP contribution in [0.4, 0.5) is 17.1 Å². The summed E-state index contributed by atoms with van der Waals surface area (Å²) in [6.45, 7) is 0.628. The number of ether oxygens (including phenoxy) is 1. The maximum Gasteiger partial charge on any atom is 0.250 e. The highest BCUT2D eigenvalue weighted by Crippen LogP contribution is 2.25. The van der Waals surface area contributed by atoms with Crippen LogP contribution in [0.5, 0.6) is 0 Å². The molecule has 0 atom stereocenters. The van der Waals surface area contributed by atoms with Crippen LogP contribution in [0.1, 0.15) is 15.9 Å². The predicted molar refractivity (Wildman–Crippen MR) is 84.7 cm³/mol. The molecule has 2 aromatic carbocycles. The Kier molecular flexibility index (Phi) is 4.79. The van der Waals surface area contributed by atoms with Crippen molar-refractivity contribution in [3.05, 3.63) is 53.6 Å². The van der Waals surface area contributed by atoms with E-state index in [1.54, 1.807) is 25.3 Å². The Morgan fingerprint density at radius 1 is 1.19 bits per heavy atom. The molecule has 0 aliphatic rings. The van der Waals surface area contributed by atoms with E-state index in [0.29, 0.717) is 23.5 Å². The third-order valence-electron chi connectivity index (χ3n) is 3.17. The van der Waals surface area contributed by atoms with Crippen LogP contribution in [0.25, 0.3) is 0 Å². The van der Waals surface area contributed by atoms with Crippen molar-refractivity contribution in [3.63, 3.8) is 0 Å². The minimum atomic E-state index is -0.515. The van der Waals surface area contributed by atoms with Crippen LogP contribution in [0.15, 0.2) is 42.5 Å². The van der Waals surface area contributed by atoms with Crippen molar-refractivity contribution >= 4 is 23.0 Å². The number of methoxy groups -OCH3 is 1. The highest BCUT2D eigenvalue weighted by molar-refractivity contribution is 6.00. The van der Waals surface area contributed by atoms with Crippen molar-refractivity contribution in [3.8, 4) is 0 Å². The number of anilines is 3. The average Bonchev–Trinajstić information content (AvgIpc) is 2.48. The number of carbonyl (C=O) groups excluding carboxylic acids is 1. The van der Waals surface area contributed by atoms with Gasteiger partial charge in [-0.1, -0.05) is 18.2 Å². The highest BCUT2D eigenvalue weighted by atomic mass is 16.5. The number of primary amides is 1. The molecule has 110 valence electrons. The minimum Gasteiger partial charge on any atom is -0.399 e. The smallest absolute Gasteiger partial charge is 0.250 e. The standard InChI is InChI=1S/C16H19N3O2/c1-21-9-8-11-4-2-3-5-14(11)19-15-7-6-12(17)10-13(15)16(18)20/h2-7,10,19H,8-9,17H2,1H3,(H2,18,20). The SMILES string of the molecule is COCCc1ccccc1Nc1ccc(N)cc1C(N)=O.